The van der Waals surface area contributed by atoms with Crippen LogP contribution in [0.2, 0.25) is 0 Å². The lowest BCUT2D eigenvalue weighted by Gasteiger charge is -1.91. The van der Waals surface area contributed by atoms with E-state index in [4.69, 9.17) is 0 Å². The van der Waals surface area contributed by atoms with Gasteiger partial charge in [-0.25, -0.2) is 4.98 Å². The monoisotopic (exact) mass is 237 g/mol. The first-order valence-electron chi connectivity index (χ1n) is 4.39. The number of anilines is 1. The number of benzene rings is 1. The maximum absolute atomic E-state index is 10.8. The van der Waals surface area contributed by atoms with Crippen LogP contribution in [0, 0.1) is 10.1 Å². The van der Waals surface area contributed by atoms with Crippen LogP contribution in [0.25, 0.3) is 10.2 Å². The largest absolute Gasteiger partial charge is 0.302 e. The van der Waals surface area contributed by atoms with Crippen molar-refractivity contribution < 1.29 is 9.72 Å². The predicted octanol–water partition coefficient (Wildman–Crippen LogP) is 2.16. The van der Waals surface area contributed by atoms with Crippen molar-refractivity contribution in [2.45, 2.75) is 6.92 Å². The van der Waals surface area contributed by atoms with Crippen molar-refractivity contribution in [3.8, 4) is 0 Å². The van der Waals surface area contributed by atoms with Gasteiger partial charge in [0.1, 0.15) is 0 Å². The maximum atomic E-state index is 10.8. The van der Waals surface area contributed by atoms with Gasteiger partial charge >= 0.3 is 0 Å². The number of thiazole rings is 1. The van der Waals surface area contributed by atoms with Gasteiger partial charge in [-0.1, -0.05) is 11.3 Å². The molecule has 7 heteroatoms. The van der Waals surface area contributed by atoms with E-state index in [9.17, 15) is 14.9 Å². The molecular weight excluding hydrogens is 230 g/mol. The third kappa shape index (κ3) is 1.98. The summed E-state index contributed by atoms with van der Waals surface area (Å²) in [7, 11) is 0. The summed E-state index contributed by atoms with van der Waals surface area (Å²) >= 11 is 1.28. The molecular formula is C9H7N3O3S. The number of carbonyl (C=O) groups is 1. The fourth-order valence-electron chi connectivity index (χ4n) is 1.23. The van der Waals surface area contributed by atoms with Gasteiger partial charge in [-0.15, -0.1) is 0 Å². The average molecular weight is 237 g/mol. The van der Waals surface area contributed by atoms with Crippen molar-refractivity contribution in [1.29, 1.82) is 0 Å². The van der Waals surface area contributed by atoms with Gasteiger partial charge in [0.25, 0.3) is 5.69 Å². The lowest BCUT2D eigenvalue weighted by molar-refractivity contribution is -0.384. The van der Waals surface area contributed by atoms with Crippen LogP contribution in [0.3, 0.4) is 0 Å². The summed E-state index contributed by atoms with van der Waals surface area (Å²) in [4.78, 5) is 25.0. The number of nitrogens with one attached hydrogen (secondary N) is 1. The number of amides is 1. The van der Waals surface area contributed by atoms with Gasteiger partial charge in [-0.05, 0) is 6.07 Å². The van der Waals surface area contributed by atoms with Crippen molar-refractivity contribution >= 4 is 38.3 Å². The van der Waals surface area contributed by atoms with Crippen LogP contribution in [0.1, 0.15) is 6.92 Å². The lowest BCUT2D eigenvalue weighted by Crippen LogP contribution is -2.04. The number of rotatable bonds is 2. The molecule has 0 unspecified atom stereocenters. The topological polar surface area (TPSA) is 85.1 Å². The van der Waals surface area contributed by atoms with E-state index in [1.807, 2.05) is 0 Å². The summed E-state index contributed by atoms with van der Waals surface area (Å²) in [5.41, 5.74) is 0.509. The Kier molecular flexibility index (Phi) is 2.53. The molecule has 1 N–H and O–H groups in total. The molecule has 0 aliphatic heterocycles. The number of carbonyl (C=O) groups excluding carboxylic acids is 1. The van der Waals surface area contributed by atoms with E-state index in [1.54, 1.807) is 6.07 Å². The number of nitro groups is 1. The minimum Gasteiger partial charge on any atom is -0.302 e. The summed E-state index contributed by atoms with van der Waals surface area (Å²) in [5, 5.41) is 13.5. The maximum Gasteiger partial charge on any atom is 0.271 e. The first-order chi connectivity index (χ1) is 7.56. The number of nitro benzene ring substituents is 1. The molecule has 0 saturated carbocycles. The van der Waals surface area contributed by atoms with Gasteiger partial charge in [0.15, 0.2) is 5.13 Å². The molecule has 0 aliphatic rings. The van der Waals surface area contributed by atoms with Gasteiger partial charge in [-0.2, -0.15) is 0 Å². The highest BCUT2D eigenvalue weighted by atomic mass is 32.1. The number of aromatic nitrogens is 1. The molecule has 1 aromatic carbocycles. The normalized spacial score (nSPS) is 10.3. The molecule has 0 saturated heterocycles. The molecule has 2 aromatic rings. The predicted molar refractivity (Wildman–Crippen MR) is 60.6 cm³/mol. The zero-order valence-electron chi connectivity index (χ0n) is 8.26. The van der Waals surface area contributed by atoms with E-state index < -0.39 is 4.92 Å². The van der Waals surface area contributed by atoms with Crippen LogP contribution in [0.15, 0.2) is 18.2 Å². The molecule has 0 bridgehead atoms. The van der Waals surface area contributed by atoms with Crippen LogP contribution < -0.4 is 5.32 Å². The SMILES string of the molecule is CC(=O)Nc1nc2cc([N+](=O)[O-])ccc2s1. The minimum absolute atomic E-state index is 0.00725. The Labute approximate surface area is 94.1 Å². The molecule has 1 aromatic heterocycles. The van der Waals surface area contributed by atoms with Crippen molar-refractivity contribution in [3.05, 3.63) is 28.3 Å². The van der Waals surface area contributed by atoms with E-state index >= 15 is 0 Å². The Balaban J connectivity index is 2.45. The van der Waals surface area contributed by atoms with Gasteiger partial charge in [-0.3, -0.25) is 14.9 Å². The fourth-order valence-corrected chi connectivity index (χ4v) is 2.13. The van der Waals surface area contributed by atoms with Crippen molar-refractivity contribution in [2.75, 3.05) is 5.32 Å². The van der Waals surface area contributed by atoms with Crippen LogP contribution in [-0.2, 0) is 4.79 Å². The Bertz CT molecular complexity index is 578. The lowest BCUT2D eigenvalue weighted by atomic mass is 10.3. The third-order valence-electron chi connectivity index (χ3n) is 1.86. The standard InChI is InChI=1S/C9H7N3O3S/c1-5(13)10-9-11-7-4-6(12(14)15)2-3-8(7)16-9/h2-4H,1H3,(H,10,11,13). The molecule has 0 fully saturated rings. The highest BCUT2D eigenvalue weighted by Crippen LogP contribution is 2.28. The van der Waals surface area contributed by atoms with E-state index in [0.717, 1.165) is 4.70 Å². The summed E-state index contributed by atoms with van der Waals surface area (Å²) in [6, 6.07) is 4.42. The van der Waals surface area contributed by atoms with Gasteiger partial charge < -0.3 is 5.32 Å². The molecule has 1 amide bonds. The number of nitrogens with zero attached hydrogens (tertiary/aromatic N) is 2. The fraction of sp³-hybridized carbons (Fsp3) is 0.111. The average Bonchev–Trinajstić information content (AvgIpc) is 2.56. The van der Waals surface area contributed by atoms with E-state index in [-0.39, 0.29) is 11.6 Å². The highest BCUT2D eigenvalue weighted by molar-refractivity contribution is 7.22. The smallest absolute Gasteiger partial charge is 0.271 e. The van der Waals surface area contributed by atoms with Crippen LogP contribution in [0.5, 0.6) is 0 Å². The number of hydrogen-bond acceptors (Lipinski definition) is 5. The summed E-state index contributed by atoms with van der Waals surface area (Å²) in [6.07, 6.45) is 0. The van der Waals surface area contributed by atoms with E-state index in [2.05, 4.69) is 10.3 Å². The molecule has 6 nitrogen and oxygen atoms in total. The number of fused-ring (bicyclic) bond motifs is 1. The van der Waals surface area contributed by atoms with E-state index in [0.29, 0.717) is 10.6 Å². The molecule has 2 rings (SSSR count). The second-order valence-corrected chi connectivity index (χ2v) is 4.14. The molecule has 0 spiro atoms. The van der Waals surface area contributed by atoms with Crippen molar-refractivity contribution in [1.82, 2.24) is 4.98 Å². The zero-order valence-corrected chi connectivity index (χ0v) is 9.08. The van der Waals surface area contributed by atoms with Crippen molar-refractivity contribution in [2.24, 2.45) is 0 Å². The Morgan fingerprint density at radius 2 is 2.31 bits per heavy atom. The summed E-state index contributed by atoms with van der Waals surface area (Å²) < 4.78 is 0.800. The van der Waals surface area contributed by atoms with Gasteiger partial charge in [0, 0.05) is 19.1 Å². The quantitative estimate of drug-likeness (QED) is 0.640. The van der Waals surface area contributed by atoms with E-state index in [1.165, 1.54) is 30.4 Å². The molecule has 0 aliphatic carbocycles. The molecule has 16 heavy (non-hydrogen) atoms. The Morgan fingerprint density at radius 3 is 2.94 bits per heavy atom. The van der Waals surface area contributed by atoms with Crippen LogP contribution in [-0.4, -0.2) is 15.8 Å². The van der Waals surface area contributed by atoms with Crippen LogP contribution >= 0.6 is 11.3 Å². The van der Waals surface area contributed by atoms with Gasteiger partial charge in [0.05, 0.1) is 15.1 Å². The first kappa shape index (κ1) is 10.5. The molecule has 82 valence electrons. The third-order valence-corrected chi connectivity index (χ3v) is 2.82. The zero-order chi connectivity index (χ0) is 11.7. The minimum atomic E-state index is -0.475. The number of non-ortho nitro benzene ring substituents is 1. The molecule has 1 heterocycles. The Hall–Kier alpha value is -2.02. The highest BCUT2D eigenvalue weighted by Gasteiger charge is 2.10. The summed E-state index contributed by atoms with van der Waals surface area (Å²) in [5.74, 6) is -0.214. The van der Waals surface area contributed by atoms with Gasteiger partial charge in [0.2, 0.25) is 5.91 Å². The second kappa shape index (κ2) is 3.86. The first-order valence-corrected chi connectivity index (χ1v) is 5.20. The van der Waals surface area contributed by atoms with Crippen LogP contribution in [0.4, 0.5) is 10.8 Å². The van der Waals surface area contributed by atoms with Crippen molar-refractivity contribution in [3.63, 3.8) is 0 Å². The summed E-state index contributed by atoms with van der Waals surface area (Å²) in [6.45, 7) is 1.38. The Morgan fingerprint density at radius 1 is 1.56 bits per heavy atom. The molecule has 0 radical (unpaired) electrons. The second-order valence-electron chi connectivity index (χ2n) is 3.11. The molecule has 0 atom stereocenters. The number of hydrogen-bond donors (Lipinski definition) is 1.